The van der Waals surface area contributed by atoms with Crippen LogP contribution >= 0.6 is 0 Å². The van der Waals surface area contributed by atoms with E-state index in [9.17, 15) is 0 Å². The van der Waals surface area contributed by atoms with Crippen LogP contribution in [0.3, 0.4) is 0 Å². The van der Waals surface area contributed by atoms with Crippen molar-refractivity contribution in [2.75, 3.05) is 20.1 Å². The van der Waals surface area contributed by atoms with Gasteiger partial charge in [0.1, 0.15) is 0 Å². The number of nitrogens with zero attached hydrogens (tertiary/aromatic N) is 1. The van der Waals surface area contributed by atoms with E-state index in [0.717, 1.165) is 24.4 Å². The molecule has 1 aliphatic carbocycles. The Balaban J connectivity index is 2.09. The largest absolute Gasteiger partial charge is 0.313 e. The summed E-state index contributed by atoms with van der Waals surface area (Å²) in [6, 6.07) is 1.51. The maximum absolute atomic E-state index is 3.69. The second kappa shape index (κ2) is 9.78. The zero-order chi connectivity index (χ0) is 15.0. The summed E-state index contributed by atoms with van der Waals surface area (Å²) in [6.07, 6.45) is 9.75. The third-order valence-electron chi connectivity index (χ3n) is 5.15. The van der Waals surface area contributed by atoms with Gasteiger partial charge >= 0.3 is 0 Å². The topological polar surface area (TPSA) is 15.3 Å². The molecule has 1 rings (SSSR count). The molecular weight excluding hydrogens is 244 g/mol. The van der Waals surface area contributed by atoms with Gasteiger partial charge in [-0.3, -0.25) is 0 Å². The Morgan fingerprint density at radius 1 is 1.05 bits per heavy atom. The Morgan fingerprint density at radius 2 is 1.70 bits per heavy atom. The molecule has 1 unspecified atom stereocenters. The minimum atomic E-state index is 0.668. The zero-order valence-corrected chi connectivity index (χ0v) is 14.6. The van der Waals surface area contributed by atoms with Crippen molar-refractivity contribution in [3.63, 3.8) is 0 Å². The van der Waals surface area contributed by atoms with E-state index in [2.05, 4.69) is 45.0 Å². The first kappa shape index (κ1) is 18.0. The lowest BCUT2D eigenvalue weighted by atomic mass is 9.84. The summed E-state index contributed by atoms with van der Waals surface area (Å²) in [5.41, 5.74) is 0. The molecule has 1 N–H and O–H groups in total. The van der Waals surface area contributed by atoms with Crippen molar-refractivity contribution >= 4 is 0 Å². The van der Waals surface area contributed by atoms with Crippen LogP contribution < -0.4 is 5.32 Å². The van der Waals surface area contributed by atoms with Crippen LogP contribution in [-0.4, -0.2) is 37.1 Å². The predicted molar refractivity (Wildman–Crippen MR) is 90.2 cm³/mol. The van der Waals surface area contributed by atoms with Crippen LogP contribution in [0.2, 0.25) is 0 Å². The van der Waals surface area contributed by atoms with Gasteiger partial charge in [0.15, 0.2) is 0 Å². The molecule has 0 heterocycles. The number of hydrogen-bond acceptors (Lipinski definition) is 2. The Hall–Kier alpha value is -0.0800. The van der Waals surface area contributed by atoms with E-state index in [1.165, 1.54) is 51.5 Å². The molecule has 0 spiro atoms. The van der Waals surface area contributed by atoms with Gasteiger partial charge in [-0.15, -0.1) is 0 Å². The molecule has 2 heteroatoms. The Morgan fingerprint density at radius 3 is 2.25 bits per heavy atom. The first-order chi connectivity index (χ1) is 9.52. The van der Waals surface area contributed by atoms with Gasteiger partial charge in [0.25, 0.3) is 0 Å². The molecule has 0 amide bonds. The van der Waals surface area contributed by atoms with Crippen LogP contribution in [0, 0.1) is 11.8 Å². The molecule has 1 fully saturated rings. The second-order valence-electron chi connectivity index (χ2n) is 7.39. The average Bonchev–Trinajstić information content (AvgIpc) is 2.45. The number of rotatable bonds is 9. The van der Waals surface area contributed by atoms with Crippen LogP contribution in [-0.2, 0) is 0 Å². The molecule has 0 aromatic carbocycles. The van der Waals surface area contributed by atoms with Crippen LogP contribution in [0.25, 0.3) is 0 Å². The highest BCUT2D eigenvalue weighted by Crippen LogP contribution is 2.28. The Labute approximate surface area is 127 Å². The molecular formula is C18H38N2. The summed E-state index contributed by atoms with van der Waals surface area (Å²) in [7, 11) is 2.32. The molecule has 0 aliphatic heterocycles. The number of hydrogen-bond donors (Lipinski definition) is 1. The average molecular weight is 283 g/mol. The van der Waals surface area contributed by atoms with E-state index in [0.29, 0.717) is 6.04 Å². The SMILES string of the molecule is CCC1CCC(N(C)CCNC(C)CCC(C)C)CC1. The quantitative estimate of drug-likeness (QED) is 0.678. The van der Waals surface area contributed by atoms with Crippen molar-refractivity contribution in [1.82, 2.24) is 10.2 Å². The highest BCUT2D eigenvalue weighted by atomic mass is 15.1. The monoisotopic (exact) mass is 282 g/mol. The molecule has 1 atom stereocenters. The smallest absolute Gasteiger partial charge is 0.0107 e. The molecule has 0 aromatic heterocycles. The van der Waals surface area contributed by atoms with Gasteiger partial charge < -0.3 is 10.2 Å². The van der Waals surface area contributed by atoms with Gasteiger partial charge in [-0.25, -0.2) is 0 Å². The van der Waals surface area contributed by atoms with E-state index in [4.69, 9.17) is 0 Å². The predicted octanol–water partition coefficient (Wildman–Crippen LogP) is 4.30. The normalized spacial score (nSPS) is 25.4. The maximum atomic E-state index is 3.69. The second-order valence-corrected chi connectivity index (χ2v) is 7.39. The molecule has 2 nitrogen and oxygen atoms in total. The molecule has 0 radical (unpaired) electrons. The van der Waals surface area contributed by atoms with E-state index >= 15 is 0 Å². The summed E-state index contributed by atoms with van der Waals surface area (Å²) >= 11 is 0. The maximum Gasteiger partial charge on any atom is 0.0107 e. The fraction of sp³-hybridized carbons (Fsp3) is 1.00. The minimum Gasteiger partial charge on any atom is -0.313 e. The van der Waals surface area contributed by atoms with Gasteiger partial charge in [-0.05, 0) is 64.3 Å². The van der Waals surface area contributed by atoms with E-state index in [-0.39, 0.29) is 0 Å². The van der Waals surface area contributed by atoms with Gasteiger partial charge in [0.05, 0.1) is 0 Å². The first-order valence-electron chi connectivity index (χ1n) is 8.96. The standard InChI is InChI=1S/C18H38N2/c1-6-17-9-11-18(12-10-17)20(5)14-13-19-16(4)8-7-15(2)3/h15-19H,6-14H2,1-5H3. The molecule has 1 aliphatic rings. The van der Waals surface area contributed by atoms with Crippen molar-refractivity contribution in [3.05, 3.63) is 0 Å². The van der Waals surface area contributed by atoms with Crippen molar-refractivity contribution in [2.24, 2.45) is 11.8 Å². The van der Waals surface area contributed by atoms with E-state index < -0.39 is 0 Å². The van der Waals surface area contributed by atoms with Crippen LogP contribution in [0.5, 0.6) is 0 Å². The van der Waals surface area contributed by atoms with Gasteiger partial charge in [0, 0.05) is 25.2 Å². The third-order valence-corrected chi connectivity index (χ3v) is 5.15. The van der Waals surface area contributed by atoms with Crippen molar-refractivity contribution < 1.29 is 0 Å². The molecule has 0 bridgehead atoms. The molecule has 20 heavy (non-hydrogen) atoms. The summed E-state index contributed by atoms with van der Waals surface area (Å²) in [5.74, 6) is 1.84. The molecule has 120 valence electrons. The fourth-order valence-electron chi connectivity index (χ4n) is 3.35. The van der Waals surface area contributed by atoms with Crippen LogP contribution in [0.15, 0.2) is 0 Å². The lowest BCUT2D eigenvalue weighted by molar-refractivity contribution is 0.163. The first-order valence-corrected chi connectivity index (χ1v) is 8.96. The van der Waals surface area contributed by atoms with E-state index in [1.54, 1.807) is 0 Å². The summed E-state index contributed by atoms with van der Waals surface area (Å²) < 4.78 is 0. The fourth-order valence-corrected chi connectivity index (χ4v) is 3.35. The van der Waals surface area contributed by atoms with Crippen molar-refractivity contribution in [3.8, 4) is 0 Å². The van der Waals surface area contributed by atoms with Crippen LogP contribution in [0.1, 0.15) is 72.6 Å². The van der Waals surface area contributed by atoms with Crippen molar-refractivity contribution in [1.29, 1.82) is 0 Å². The molecule has 1 saturated carbocycles. The summed E-state index contributed by atoms with van der Waals surface area (Å²) in [6.45, 7) is 11.6. The lowest BCUT2D eigenvalue weighted by Crippen LogP contribution is -2.40. The number of nitrogens with one attached hydrogen (secondary N) is 1. The highest BCUT2D eigenvalue weighted by molar-refractivity contribution is 4.78. The molecule has 0 saturated heterocycles. The van der Waals surface area contributed by atoms with Gasteiger partial charge in [0.2, 0.25) is 0 Å². The molecule has 0 aromatic rings. The summed E-state index contributed by atoms with van der Waals surface area (Å²) in [4.78, 5) is 2.59. The van der Waals surface area contributed by atoms with Gasteiger partial charge in [-0.1, -0.05) is 27.2 Å². The van der Waals surface area contributed by atoms with E-state index in [1.807, 2.05) is 0 Å². The number of likely N-dealkylation sites (N-methyl/N-ethyl adjacent to an activating group) is 1. The Kier molecular flexibility index (Phi) is 8.79. The third kappa shape index (κ3) is 7.08. The van der Waals surface area contributed by atoms with Crippen molar-refractivity contribution in [2.45, 2.75) is 84.7 Å². The minimum absolute atomic E-state index is 0.668. The van der Waals surface area contributed by atoms with Crippen LogP contribution in [0.4, 0.5) is 0 Å². The lowest BCUT2D eigenvalue weighted by Gasteiger charge is -2.34. The highest BCUT2D eigenvalue weighted by Gasteiger charge is 2.22. The summed E-state index contributed by atoms with van der Waals surface area (Å²) in [5, 5.41) is 3.69. The Bertz CT molecular complexity index is 232. The zero-order valence-electron chi connectivity index (χ0n) is 14.6. The van der Waals surface area contributed by atoms with Gasteiger partial charge in [-0.2, -0.15) is 0 Å².